The first-order valence-electron chi connectivity index (χ1n) is 14.1. The quantitative estimate of drug-likeness (QED) is 0.456. The second-order valence-electron chi connectivity index (χ2n) is 11.3. The van der Waals surface area contributed by atoms with Gasteiger partial charge in [-0.1, -0.05) is 37.1 Å². The molecular weight excluding hydrogens is 538 g/mol. The first-order valence-corrected chi connectivity index (χ1v) is 15.9. The van der Waals surface area contributed by atoms with Crippen LogP contribution in [-0.4, -0.2) is 49.4 Å². The zero-order valence-corrected chi connectivity index (χ0v) is 23.5. The summed E-state index contributed by atoms with van der Waals surface area (Å²) in [7, 11) is -3.06. The zero-order chi connectivity index (χ0) is 28.6. The molecule has 3 aliphatic rings. The highest BCUT2D eigenvalue weighted by atomic mass is 32.2. The Bertz CT molecular complexity index is 1660. The Labute approximate surface area is 239 Å². The van der Waals surface area contributed by atoms with Gasteiger partial charge in [-0.15, -0.1) is 0 Å². The van der Waals surface area contributed by atoms with Gasteiger partial charge in [-0.05, 0) is 49.9 Å². The molecule has 2 saturated carbocycles. The van der Waals surface area contributed by atoms with Gasteiger partial charge >= 0.3 is 0 Å². The van der Waals surface area contributed by atoms with Crippen LogP contribution in [0.2, 0.25) is 0 Å². The topological polar surface area (TPSA) is 140 Å². The molecule has 0 unspecified atom stereocenters. The number of oxazole rings is 1. The largest absolute Gasteiger partial charge is 0.440 e. The highest BCUT2D eigenvalue weighted by molar-refractivity contribution is 7.91. The molecule has 0 bridgehead atoms. The first kappa shape index (κ1) is 27.0. The van der Waals surface area contributed by atoms with Gasteiger partial charge in [-0.2, -0.15) is 10.5 Å². The van der Waals surface area contributed by atoms with Crippen LogP contribution in [-0.2, 0) is 14.6 Å². The van der Waals surface area contributed by atoms with Crippen LogP contribution < -0.4 is 10.2 Å². The number of aromatic nitrogens is 1. The monoisotopic (exact) mass is 569 g/mol. The van der Waals surface area contributed by atoms with Crippen LogP contribution in [0.1, 0.15) is 55.8 Å². The Balaban J connectivity index is 1.45. The van der Waals surface area contributed by atoms with E-state index in [1.165, 1.54) is 0 Å². The van der Waals surface area contributed by atoms with E-state index < -0.39 is 15.4 Å². The first-order chi connectivity index (χ1) is 19.8. The van der Waals surface area contributed by atoms with E-state index in [0.29, 0.717) is 60.8 Å². The molecule has 3 aromatic rings. The summed E-state index contributed by atoms with van der Waals surface area (Å²) in [5.74, 6) is 0.411. The number of carbonyl (C=O) groups excluding carboxylic acids is 1. The maximum atomic E-state index is 13.6. The molecule has 1 N–H and O–H groups in total. The molecular formula is C31H31N5O4S. The van der Waals surface area contributed by atoms with Crippen LogP contribution in [0.3, 0.4) is 0 Å². The van der Waals surface area contributed by atoms with Crippen molar-refractivity contribution in [3.05, 3.63) is 59.9 Å². The third kappa shape index (κ3) is 5.45. The van der Waals surface area contributed by atoms with Crippen molar-refractivity contribution in [1.82, 2.24) is 10.3 Å². The summed E-state index contributed by atoms with van der Waals surface area (Å²) < 4.78 is 30.8. The Morgan fingerprint density at radius 3 is 2.54 bits per heavy atom. The van der Waals surface area contributed by atoms with E-state index in [1.807, 2.05) is 30.3 Å². The van der Waals surface area contributed by atoms with E-state index in [9.17, 15) is 23.7 Å². The predicted octanol–water partition coefficient (Wildman–Crippen LogP) is 4.56. The van der Waals surface area contributed by atoms with Gasteiger partial charge in [-0.3, -0.25) is 4.79 Å². The number of para-hydroxylation sites is 1. The fourth-order valence-electron chi connectivity index (χ4n) is 6.00. The number of nitrogens with zero attached hydrogens (tertiary/aromatic N) is 4. The average molecular weight is 570 g/mol. The second kappa shape index (κ2) is 10.7. The van der Waals surface area contributed by atoms with Gasteiger partial charge in [0.05, 0.1) is 29.2 Å². The molecule has 0 spiro atoms. The highest BCUT2D eigenvalue weighted by Gasteiger charge is 2.47. The van der Waals surface area contributed by atoms with Crippen LogP contribution in [0.25, 0.3) is 22.7 Å². The maximum absolute atomic E-state index is 13.6. The van der Waals surface area contributed by atoms with E-state index >= 15 is 0 Å². The van der Waals surface area contributed by atoms with Crippen molar-refractivity contribution in [3.63, 3.8) is 0 Å². The Morgan fingerprint density at radius 1 is 1.05 bits per heavy atom. The molecule has 3 fully saturated rings. The molecule has 2 atom stereocenters. The highest BCUT2D eigenvalue weighted by Crippen LogP contribution is 2.46. The molecule has 10 heteroatoms. The number of nitrogens with one attached hydrogen (secondary N) is 1. The minimum Gasteiger partial charge on any atom is -0.440 e. The normalized spacial score (nSPS) is 22.7. The SMILES string of the molecule is N#Cc1cccc(-c2nc(-c3ccccc3N3CCS(=O)(=O)CC3)c([C@@H]3CCCC[C@H]3C(=O)NC3(C#N)CC3)o2)c1. The van der Waals surface area contributed by atoms with Crippen molar-refractivity contribution in [2.75, 3.05) is 29.5 Å². The molecule has 2 aliphatic carbocycles. The van der Waals surface area contributed by atoms with Gasteiger partial charge in [0.15, 0.2) is 9.84 Å². The molecule has 1 saturated heterocycles. The number of nitriles is 2. The lowest BCUT2D eigenvalue weighted by Crippen LogP contribution is -2.42. The number of benzene rings is 2. The summed E-state index contributed by atoms with van der Waals surface area (Å²) in [6.45, 7) is 0.766. The predicted molar refractivity (Wildman–Crippen MR) is 153 cm³/mol. The van der Waals surface area contributed by atoms with Crippen LogP contribution in [0.15, 0.2) is 52.9 Å². The van der Waals surface area contributed by atoms with Crippen molar-refractivity contribution in [1.29, 1.82) is 10.5 Å². The standard InChI is InChI=1S/C31H31N5O4S/c32-19-21-6-5-7-22(18-21)30-34-27(25-10-3-4-11-26(25)36-14-16-41(38,39)17-15-36)28(40-30)23-8-1-2-9-24(23)29(37)35-31(20-33)12-13-31/h3-7,10-11,18,23-24H,1-2,8-9,12-17H2,(H,35,37)/t23-,24-/m1/s1. The number of sulfone groups is 1. The van der Waals surface area contributed by atoms with E-state index in [4.69, 9.17) is 9.40 Å². The number of rotatable bonds is 6. The van der Waals surface area contributed by atoms with Gasteiger partial charge in [0.25, 0.3) is 0 Å². The number of anilines is 1. The summed E-state index contributed by atoms with van der Waals surface area (Å²) in [4.78, 5) is 20.6. The van der Waals surface area contributed by atoms with Crippen molar-refractivity contribution in [2.24, 2.45) is 5.92 Å². The number of hydrogen-bond acceptors (Lipinski definition) is 8. The molecule has 1 amide bonds. The van der Waals surface area contributed by atoms with Crippen LogP contribution >= 0.6 is 0 Å². The molecule has 210 valence electrons. The Kier molecular flexibility index (Phi) is 7.04. The van der Waals surface area contributed by atoms with E-state index in [0.717, 1.165) is 30.5 Å². The Hall–Kier alpha value is -4.15. The molecule has 2 heterocycles. The third-order valence-electron chi connectivity index (χ3n) is 8.50. The molecule has 9 nitrogen and oxygen atoms in total. The minimum atomic E-state index is -3.06. The number of hydrogen-bond donors (Lipinski definition) is 1. The van der Waals surface area contributed by atoms with E-state index in [1.54, 1.807) is 18.2 Å². The van der Waals surface area contributed by atoms with Crippen LogP contribution in [0.4, 0.5) is 5.69 Å². The molecule has 6 rings (SSSR count). The van der Waals surface area contributed by atoms with Crippen molar-refractivity contribution >= 4 is 21.4 Å². The van der Waals surface area contributed by atoms with Crippen molar-refractivity contribution < 1.29 is 17.6 Å². The second-order valence-corrected chi connectivity index (χ2v) is 13.6. The molecule has 2 aromatic carbocycles. The Morgan fingerprint density at radius 2 is 1.80 bits per heavy atom. The van der Waals surface area contributed by atoms with Gasteiger partial charge in [-0.25, -0.2) is 13.4 Å². The molecule has 0 radical (unpaired) electrons. The fourth-order valence-corrected chi connectivity index (χ4v) is 7.20. The smallest absolute Gasteiger partial charge is 0.226 e. The van der Waals surface area contributed by atoms with Crippen LogP contribution in [0.5, 0.6) is 0 Å². The summed E-state index contributed by atoms with van der Waals surface area (Å²) in [6.07, 6.45) is 4.60. The molecule has 1 aliphatic heterocycles. The van der Waals surface area contributed by atoms with Gasteiger partial charge in [0.1, 0.15) is 17.0 Å². The van der Waals surface area contributed by atoms with Crippen LogP contribution in [0, 0.1) is 28.6 Å². The summed E-state index contributed by atoms with van der Waals surface area (Å²) in [5, 5.41) is 22.1. The van der Waals surface area contributed by atoms with Crippen molar-refractivity contribution in [2.45, 2.75) is 50.0 Å². The fraction of sp³-hybridized carbons (Fsp3) is 0.419. The summed E-state index contributed by atoms with van der Waals surface area (Å²) >= 11 is 0. The number of amides is 1. The summed E-state index contributed by atoms with van der Waals surface area (Å²) in [5.41, 5.74) is 2.70. The van der Waals surface area contributed by atoms with Gasteiger partial charge in [0.2, 0.25) is 11.8 Å². The number of carbonyl (C=O) groups is 1. The average Bonchev–Trinajstić information content (AvgIpc) is 3.63. The van der Waals surface area contributed by atoms with Gasteiger partial charge in [0, 0.05) is 41.7 Å². The third-order valence-corrected chi connectivity index (χ3v) is 10.1. The van der Waals surface area contributed by atoms with Crippen molar-refractivity contribution in [3.8, 4) is 34.8 Å². The zero-order valence-electron chi connectivity index (χ0n) is 22.7. The lowest BCUT2D eigenvalue weighted by atomic mass is 9.76. The summed E-state index contributed by atoms with van der Waals surface area (Å²) in [6, 6.07) is 19.3. The lowest BCUT2D eigenvalue weighted by molar-refractivity contribution is -0.127. The lowest BCUT2D eigenvalue weighted by Gasteiger charge is -2.32. The van der Waals surface area contributed by atoms with E-state index in [-0.39, 0.29) is 29.2 Å². The molecule has 1 aromatic heterocycles. The van der Waals surface area contributed by atoms with Gasteiger partial charge < -0.3 is 14.6 Å². The molecule has 41 heavy (non-hydrogen) atoms. The maximum Gasteiger partial charge on any atom is 0.226 e. The van der Waals surface area contributed by atoms with E-state index in [2.05, 4.69) is 22.4 Å². The minimum absolute atomic E-state index is 0.0880.